The number of unbranched alkanes of at least 4 members (excludes halogenated alkanes) is 2. The Labute approximate surface area is 132 Å². The Bertz CT molecular complexity index is 360. The van der Waals surface area contributed by atoms with Crippen LogP contribution in [0.5, 0.6) is 0 Å². The average molecular weight is 316 g/mol. The van der Waals surface area contributed by atoms with Crippen LogP contribution in [0.1, 0.15) is 52.4 Å². The van der Waals surface area contributed by atoms with Gasteiger partial charge in [0.15, 0.2) is 0 Å². The van der Waals surface area contributed by atoms with Crippen LogP contribution in [0.4, 0.5) is 4.79 Å². The minimum Gasteiger partial charge on any atom is -0.467 e. The van der Waals surface area contributed by atoms with Gasteiger partial charge in [-0.25, -0.2) is 9.59 Å². The van der Waals surface area contributed by atoms with Gasteiger partial charge in [0.2, 0.25) is 5.91 Å². The topological polar surface area (TPSA) is 93.7 Å². The van der Waals surface area contributed by atoms with Crippen LogP contribution in [0, 0.1) is 0 Å². The van der Waals surface area contributed by atoms with Gasteiger partial charge in [-0.3, -0.25) is 4.79 Å². The number of methoxy groups -OCH3 is 2. The van der Waals surface area contributed by atoms with Crippen molar-refractivity contribution in [3.8, 4) is 0 Å². The molecule has 0 aliphatic carbocycles. The van der Waals surface area contributed by atoms with Gasteiger partial charge in [0, 0.05) is 0 Å². The van der Waals surface area contributed by atoms with Crippen LogP contribution in [-0.4, -0.2) is 44.3 Å². The molecule has 0 aliphatic heterocycles. The van der Waals surface area contributed by atoms with E-state index in [2.05, 4.69) is 15.4 Å². The van der Waals surface area contributed by atoms with Crippen LogP contribution in [0.15, 0.2) is 0 Å². The second-order valence-electron chi connectivity index (χ2n) is 5.06. The van der Waals surface area contributed by atoms with E-state index in [-0.39, 0.29) is 0 Å². The first-order valence-corrected chi connectivity index (χ1v) is 7.72. The lowest BCUT2D eigenvalue weighted by Crippen LogP contribution is -2.51. The molecule has 0 fully saturated rings. The Morgan fingerprint density at radius 3 is 1.86 bits per heavy atom. The van der Waals surface area contributed by atoms with E-state index in [0.717, 1.165) is 25.7 Å². The maximum absolute atomic E-state index is 12.3. The Morgan fingerprint density at radius 2 is 1.41 bits per heavy atom. The molecule has 7 heteroatoms. The first-order valence-electron chi connectivity index (χ1n) is 7.72. The summed E-state index contributed by atoms with van der Waals surface area (Å²) >= 11 is 0. The van der Waals surface area contributed by atoms with Crippen molar-refractivity contribution < 1.29 is 23.9 Å². The summed E-state index contributed by atoms with van der Waals surface area (Å²) in [5.41, 5.74) is 0. The molecule has 22 heavy (non-hydrogen) atoms. The normalized spacial score (nSPS) is 12.9. The van der Waals surface area contributed by atoms with Crippen LogP contribution >= 0.6 is 0 Å². The Kier molecular flexibility index (Phi) is 10.9. The molecule has 2 amide bonds. The van der Waals surface area contributed by atoms with Gasteiger partial charge in [-0.15, -0.1) is 0 Å². The fourth-order valence-corrected chi connectivity index (χ4v) is 1.95. The molecule has 0 saturated carbocycles. The Balaban J connectivity index is 4.77. The van der Waals surface area contributed by atoms with E-state index in [4.69, 9.17) is 4.74 Å². The van der Waals surface area contributed by atoms with E-state index in [1.165, 1.54) is 14.2 Å². The van der Waals surface area contributed by atoms with Crippen molar-refractivity contribution in [1.29, 1.82) is 0 Å². The summed E-state index contributed by atoms with van der Waals surface area (Å²) in [6, 6.07) is -1.41. The summed E-state index contributed by atoms with van der Waals surface area (Å²) < 4.78 is 9.24. The summed E-state index contributed by atoms with van der Waals surface area (Å²) in [5.74, 6) is -0.875. The molecule has 0 radical (unpaired) electrons. The van der Waals surface area contributed by atoms with Gasteiger partial charge in [-0.05, 0) is 12.8 Å². The zero-order valence-corrected chi connectivity index (χ0v) is 13.9. The number of carbonyl (C=O) groups is 3. The van der Waals surface area contributed by atoms with Crippen molar-refractivity contribution >= 4 is 18.0 Å². The average Bonchev–Trinajstić information content (AvgIpc) is 2.53. The van der Waals surface area contributed by atoms with Crippen LogP contribution < -0.4 is 10.6 Å². The molecule has 2 N–H and O–H groups in total. The molecule has 2 atom stereocenters. The summed E-state index contributed by atoms with van der Waals surface area (Å²) in [5, 5.41) is 5.15. The van der Waals surface area contributed by atoms with Crippen LogP contribution in [0.2, 0.25) is 0 Å². The highest BCUT2D eigenvalue weighted by Crippen LogP contribution is 2.06. The van der Waals surface area contributed by atoms with E-state index in [0.29, 0.717) is 12.8 Å². The molecule has 0 heterocycles. The smallest absolute Gasteiger partial charge is 0.407 e. The Hall–Kier alpha value is -1.79. The molecular weight excluding hydrogens is 288 g/mol. The van der Waals surface area contributed by atoms with E-state index in [1.54, 1.807) is 0 Å². The van der Waals surface area contributed by atoms with Gasteiger partial charge in [-0.1, -0.05) is 39.5 Å². The summed E-state index contributed by atoms with van der Waals surface area (Å²) in [4.78, 5) is 35.4. The molecule has 0 aromatic carbocycles. The lowest BCUT2D eigenvalue weighted by Gasteiger charge is -2.21. The minimum absolute atomic E-state index is 0.398. The number of carbonyl (C=O) groups excluding carboxylic acids is 3. The molecule has 7 nitrogen and oxygen atoms in total. The highest BCUT2D eigenvalue weighted by Gasteiger charge is 2.26. The first-order chi connectivity index (χ1) is 10.5. The molecule has 0 aliphatic rings. The SMILES string of the molecule is CCCCC(NC(=O)OC)C(=O)NC(CCCC)C(=O)OC. The number of ether oxygens (including phenoxy) is 2. The zero-order valence-electron chi connectivity index (χ0n) is 13.9. The number of amides is 2. The number of hydrogen-bond acceptors (Lipinski definition) is 5. The molecule has 128 valence electrons. The maximum atomic E-state index is 12.3. The van der Waals surface area contributed by atoms with Gasteiger partial charge >= 0.3 is 12.1 Å². The lowest BCUT2D eigenvalue weighted by molar-refractivity contribution is -0.145. The van der Waals surface area contributed by atoms with Gasteiger partial charge in [0.05, 0.1) is 14.2 Å². The van der Waals surface area contributed by atoms with Crippen molar-refractivity contribution in [3.63, 3.8) is 0 Å². The van der Waals surface area contributed by atoms with Gasteiger partial charge in [0.25, 0.3) is 0 Å². The molecule has 0 spiro atoms. The monoisotopic (exact) mass is 316 g/mol. The maximum Gasteiger partial charge on any atom is 0.407 e. The lowest BCUT2D eigenvalue weighted by atomic mass is 10.1. The molecule has 2 unspecified atom stereocenters. The van der Waals surface area contributed by atoms with Crippen LogP contribution in [0.3, 0.4) is 0 Å². The summed E-state index contributed by atoms with van der Waals surface area (Å²) in [6.45, 7) is 3.99. The number of nitrogens with one attached hydrogen (secondary N) is 2. The molecule has 0 rings (SSSR count). The molecule has 0 aromatic rings. The number of rotatable bonds is 10. The standard InChI is InChI=1S/C15H28N2O5/c1-5-7-9-11(17-15(20)22-4)13(18)16-12(10-8-6-2)14(19)21-3/h11-12H,5-10H2,1-4H3,(H,16,18)(H,17,20). The third-order valence-corrected chi connectivity index (χ3v) is 3.29. The van der Waals surface area contributed by atoms with Crippen molar-refractivity contribution in [2.75, 3.05) is 14.2 Å². The number of alkyl carbamates (subject to hydrolysis) is 1. The third-order valence-electron chi connectivity index (χ3n) is 3.29. The van der Waals surface area contributed by atoms with Gasteiger partial charge in [-0.2, -0.15) is 0 Å². The van der Waals surface area contributed by atoms with Crippen molar-refractivity contribution in [1.82, 2.24) is 10.6 Å². The van der Waals surface area contributed by atoms with Gasteiger partial charge in [0.1, 0.15) is 12.1 Å². The van der Waals surface area contributed by atoms with E-state index < -0.39 is 30.1 Å². The van der Waals surface area contributed by atoms with Crippen molar-refractivity contribution in [2.45, 2.75) is 64.5 Å². The van der Waals surface area contributed by atoms with Crippen LogP contribution in [0.25, 0.3) is 0 Å². The summed E-state index contributed by atoms with van der Waals surface area (Å²) in [6.07, 6.45) is 3.70. The van der Waals surface area contributed by atoms with Crippen molar-refractivity contribution in [3.05, 3.63) is 0 Å². The first kappa shape index (κ1) is 20.2. The minimum atomic E-state index is -0.721. The molecule has 0 bridgehead atoms. The quantitative estimate of drug-likeness (QED) is 0.599. The van der Waals surface area contributed by atoms with E-state index >= 15 is 0 Å². The third kappa shape index (κ3) is 7.85. The second kappa shape index (κ2) is 11.8. The fourth-order valence-electron chi connectivity index (χ4n) is 1.95. The number of hydrogen-bond donors (Lipinski definition) is 2. The second-order valence-corrected chi connectivity index (χ2v) is 5.06. The molecular formula is C15H28N2O5. The Morgan fingerprint density at radius 1 is 0.864 bits per heavy atom. The highest BCUT2D eigenvalue weighted by molar-refractivity contribution is 5.89. The summed E-state index contributed by atoms with van der Waals surface area (Å²) in [7, 11) is 2.53. The highest BCUT2D eigenvalue weighted by atomic mass is 16.5. The van der Waals surface area contributed by atoms with E-state index in [9.17, 15) is 14.4 Å². The molecule has 0 aromatic heterocycles. The fraction of sp³-hybridized carbons (Fsp3) is 0.800. The van der Waals surface area contributed by atoms with Gasteiger partial charge < -0.3 is 20.1 Å². The number of esters is 1. The van der Waals surface area contributed by atoms with Crippen molar-refractivity contribution in [2.24, 2.45) is 0 Å². The predicted octanol–water partition coefficient (Wildman–Crippen LogP) is 1.75. The molecule has 0 saturated heterocycles. The predicted molar refractivity (Wildman–Crippen MR) is 82.3 cm³/mol. The van der Waals surface area contributed by atoms with Crippen LogP contribution in [-0.2, 0) is 19.1 Å². The van der Waals surface area contributed by atoms with E-state index in [1.807, 2.05) is 13.8 Å². The zero-order chi connectivity index (χ0) is 17.0. The largest absolute Gasteiger partial charge is 0.467 e.